The molecule has 0 amide bonds. The number of likely N-dealkylation sites (N-methyl/N-ethyl adjacent to an activating group) is 1. The first kappa shape index (κ1) is 17.6. The topological polar surface area (TPSA) is 58.3 Å². The molecule has 0 bridgehead atoms. The second kappa shape index (κ2) is 6.85. The smallest absolute Gasteiger partial charge is 0.263 e. The van der Waals surface area contributed by atoms with Crippen LogP contribution in [0.15, 0.2) is 41.2 Å². The number of likely N-dealkylation sites (tertiary alicyclic amines) is 1. The van der Waals surface area contributed by atoms with E-state index >= 15 is 0 Å². The van der Waals surface area contributed by atoms with Gasteiger partial charge in [0.05, 0.1) is 5.69 Å². The van der Waals surface area contributed by atoms with Crippen LogP contribution in [0.1, 0.15) is 36.4 Å². The summed E-state index contributed by atoms with van der Waals surface area (Å²) < 4.78 is 5.33. The van der Waals surface area contributed by atoms with Crippen molar-refractivity contribution in [1.82, 2.24) is 20.0 Å². The van der Waals surface area contributed by atoms with E-state index in [0.717, 1.165) is 36.5 Å². The minimum absolute atomic E-state index is 0.389. The number of hydrogen-bond acceptors (Lipinski definition) is 6. The van der Waals surface area contributed by atoms with Crippen molar-refractivity contribution in [2.45, 2.75) is 32.1 Å². The molecular formula is C22H27N5O. The quantitative estimate of drug-likeness (QED) is 0.680. The fraction of sp³-hybridized carbons (Fsp3) is 0.500. The van der Waals surface area contributed by atoms with Crippen LogP contribution in [0.5, 0.6) is 0 Å². The van der Waals surface area contributed by atoms with E-state index < -0.39 is 0 Å². The van der Waals surface area contributed by atoms with E-state index in [4.69, 9.17) is 4.52 Å². The van der Waals surface area contributed by atoms with Gasteiger partial charge in [-0.05, 0) is 50.1 Å². The van der Waals surface area contributed by atoms with Crippen LogP contribution in [-0.2, 0) is 0 Å². The number of benzene rings is 1. The Hall–Kier alpha value is -2.47. The molecule has 2 aromatic heterocycles. The molecule has 6 heteroatoms. The lowest BCUT2D eigenvalue weighted by Crippen LogP contribution is -2.50. The summed E-state index contributed by atoms with van der Waals surface area (Å²) in [6.45, 7) is 6.35. The normalized spacial score (nSPS) is 22.8. The molecule has 0 radical (unpaired) electrons. The van der Waals surface area contributed by atoms with Crippen LogP contribution >= 0.6 is 0 Å². The molecule has 3 aromatic rings. The van der Waals surface area contributed by atoms with E-state index in [0.29, 0.717) is 17.0 Å². The van der Waals surface area contributed by atoms with Gasteiger partial charge < -0.3 is 14.3 Å². The Morgan fingerprint density at radius 3 is 2.68 bits per heavy atom. The van der Waals surface area contributed by atoms with Gasteiger partial charge in [0.1, 0.15) is 17.5 Å². The molecule has 2 fully saturated rings. The van der Waals surface area contributed by atoms with E-state index in [1.54, 1.807) is 6.33 Å². The van der Waals surface area contributed by atoms with Gasteiger partial charge in [0.2, 0.25) is 0 Å². The zero-order chi connectivity index (χ0) is 19.1. The predicted octanol–water partition coefficient (Wildman–Crippen LogP) is 3.63. The molecule has 2 aliphatic heterocycles. The first-order chi connectivity index (χ1) is 13.6. The number of nitrogens with zero attached hydrogens (tertiary/aromatic N) is 5. The lowest BCUT2D eigenvalue weighted by molar-refractivity contribution is 0.0671. The van der Waals surface area contributed by atoms with Crippen LogP contribution in [0.3, 0.4) is 0 Å². The minimum atomic E-state index is 0.389. The van der Waals surface area contributed by atoms with E-state index in [-0.39, 0.29) is 0 Å². The zero-order valence-corrected chi connectivity index (χ0v) is 16.6. The summed E-state index contributed by atoms with van der Waals surface area (Å²) in [7, 11) is 2.28. The van der Waals surface area contributed by atoms with Gasteiger partial charge in [-0.25, -0.2) is 4.98 Å². The average Bonchev–Trinajstić information content (AvgIpc) is 3.10. The van der Waals surface area contributed by atoms with Gasteiger partial charge >= 0.3 is 0 Å². The van der Waals surface area contributed by atoms with Crippen LogP contribution in [0.25, 0.3) is 11.1 Å². The van der Waals surface area contributed by atoms with Gasteiger partial charge in [0.15, 0.2) is 0 Å². The third-order valence-corrected chi connectivity index (χ3v) is 6.63. The first-order valence-corrected chi connectivity index (χ1v) is 10.2. The van der Waals surface area contributed by atoms with Gasteiger partial charge in [0, 0.05) is 26.2 Å². The fourth-order valence-electron chi connectivity index (χ4n) is 5.31. The van der Waals surface area contributed by atoms with Gasteiger partial charge in [-0.1, -0.05) is 35.5 Å². The molecule has 2 saturated heterocycles. The summed E-state index contributed by atoms with van der Waals surface area (Å²) in [5, 5.41) is 5.04. The molecule has 0 saturated carbocycles. The minimum Gasteiger partial charge on any atom is -0.356 e. The van der Waals surface area contributed by atoms with Crippen molar-refractivity contribution >= 4 is 16.9 Å². The lowest BCUT2D eigenvalue weighted by atomic mass is 9.68. The highest BCUT2D eigenvalue weighted by molar-refractivity contribution is 5.87. The van der Waals surface area contributed by atoms with Gasteiger partial charge in [-0.2, -0.15) is 4.98 Å². The maximum absolute atomic E-state index is 5.33. The molecular weight excluding hydrogens is 350 g/mol. The Morgan fingerprint density at radius 2 is 1.89 bits per heavy atom. The van der Waals surface area contributed by atoms with Crippen molar-refractivity contribution < 1.29 is 4.52 Å². The van der Waals surface area contributed by atoms with Crippen molar-refractivity contribution in [1.29, 1.82) is 0 Å². The molecule has 5 rings (SSSR count). The predicted molar refractivity (Wildman–Crippen MR) is 110 cm³/mol. The largest absolute Gasteiger partial charge is 0.356 e. The van der Waals surface area contributed by atoms with E-state index in [2.05, 4.69) is 62.3 Å². The van der Waals surface area contributed by atoms with Crippen LogP contribution in [0, 0.1) is 12.3 Å². The third kappa shape index (κ3) is 3.05. The Bertz CT molecular complexity index is 961. The van der Waals surface area contributed by atoms with Crippen LogP contribution in [-0.4, -0.2) is 53.3 Å². The maximum atomic E-state index is 5.33. The number of fused-ring (bicyclic) bond motifs is 1. The number of aromatic nitrogens is 3. The van der Waals surface area contributed by atoms with E-state index in [9.17, 15) is 0 Å². The van der Waals surface area contributed by atoms with Gasteiger partial charge in [-0.15, -0.1) is 0 Å². The fourth-order valence-corrected chi connectivity index (χ4v) is 5.31. The summed E-state index contributed by atoms with van der Waals surface area (Å²) in [5.74, 6) is 1.60. The summed E-state index contributed by atoms with van der Waals surface area (Å²) in [6, 6.07) is 11.0. The third-order valence-electron chi connectivity index (χ3n) is 6.63. The van der Waals surface area contributed by atoms with Crippen molar-refractivity contribution in [2.75, 3.05) is 38.1 Å². The molecule has 146 valence electrons. The summed E-state index contributed by atoms with van der Waals surface area (Å²) in [6.07, 6.45) is 5.25. The standard InChI is InChI=1S/C22H27N5O/c1-16-19-20(23-15-24-21(19)28-25-16)27-10-8-22(9-11-27)12-18(13-26(2)14-22)17-6-4-3-5-7-17/h3-7,15,18H,8-14H2,1-2H3. The average molecular weight is 377 g/mol. The van der Waals surface area contributed by atoms with Gasteiger partial charge in [-0.3, -0.25) is 0 Å². The van der Waals surface area contributed by atoms with Gasteiger partial charge in [0.25, 0.3) is 5.71 Å². The van der Waals surface area contributed by atoms with Crippen LogP contribution in [0.2, 0.25) is 0 Å². The van der Waals surface area contributed by atoms with E-state index in [1.165, 1.54) is 31.4 Å². The lowest BCUT2D eigenvalue weighted by Gasteiger charge is -2.49. The van der Waals surface area contributed by atoms with Crippen molar-refractivity contribution in [2.24, 2.45) is 5.41 Å². The molecule has 6 nitrogen and oxygen atoms in total. The molecule has 2 aliphatic rings. The van der Waals surface area contributed by atoms with Crippen molar-refractivity contribution in [3.8, 4) is 0 Å². The Balaban J connectivity index is 1.36. The summed E-state index contributed by atoms with van der Waals surface area (Å²) >= 11 is 0. The second-order valence-corrected chi connectivity index (χ2v) is 8.64. The first-order valence-electron chi connectivity index (χ1n) is 10.2. The number of aryl methyl sites for hydroxylation is 1. The van der Waals surface area contributed by atoms with E-state index in [1.807, 2.05) is 6.92 Å². The monoisotopic (exact) mass is 377 g/mol. The number of anilines is 1. The number of rotatable bonds is 2. The second-order valence-electron chi connectivity index (χ2n) is 8.64. The molecule has 0 N–H and O–H groups in total. The Kier molecular flexibility index (Phi) is 4.31. The molecule has 4 heterocycles. The summed E-state index contributed by atoms with van der Waals surface area (Å²) in [5.41, 5.74) is 3.32. The number of piperidine rings is 2. The summed E-state index contributed by atoms with van der Waals surface area (Å²) in [4.78, 5) is 13.7. The molecule has 1 spiro atoms. The maximum Gasteiger partial charge on any atom is 0.263 e. The molecule has 0 aliphatic carbocycles. The Morgan fingerprint density at radius 1 is 1.11 bits per heavy atom. The Labute approximate surface area is 165 Å². The highest BCUT2D eigenvalue weighted by Crippen LogP contribution is 2.45. The zero-order valence-electron chi connectivity index (χ0n) is 16.6. The molecule has 1 atom stereocenters. The van der Waals surface area contributed by atoms with Crippen molar-refractivity contribution in [3.63, 3.8) is 0 Å². The molecule has 1 unspecified atom stereocenters. The molecule has 28 heavy (non-hydrogen) atoms. The SMILES string of the molecule is Cc1noc2ncnc(N3CCC4(CC3)CC(c3ccccc3)CN(C)C4)c12. The van der Waals surface area contributed by atoms with Crippen molar-refractivity contribution in [3.05, 3.63) is 47.9 Å². The van der Waals surface area contributed by atoms with Crippen LogP contribution < -0.4 is 4.90 Å². The number of hydrogen-bond donors (Lipinski definition) is 0. The highest BCUT2D eigenvalue weighted by atomic mass is 16.5. The molecule has 1 aromatic carbocycles. The van der Waals surface area contributed by atoms with Crippen LogP contribution in [0.4, 0.5) is 5.82 Å². The highest BCUT2D eigenvalue weighted by Gasteiger charge is 2.41.